The van der Waals surface area contributed by atoms with E-state index in [1.807, 2.05) is 0 Å². The molecule has 0 aliphatic carbocycles. The van der Waals surface area contributed by atoms with Crippen molar-refractivity contribution in [2.24, 2.45) is 0 Å². The topological polar surface area (TPSA) is 189 Å². The first kappa shape index (κ1) is 40.2. The monoisotopic (exact) mass is 714 g/mol. The lowest BCUT2D eigenvalue weighted by molar-refractivity contribution is -0.136. The molecule has 2 saturated heterocycles. The van der Waals surface area contributed by atoms with Crippen LogP contribution in [0, 0.1) is 0 Å². The van der Waals surface area contributed by atoms with Gasteiger partial charge in [-0.3, -0.25) is 34.2 Å². The third kappa shape index (κ3) is 13.2. The highest BCUT2D eigenvalue weighted by Gasteiger charge is 2.46. The third-order valence-corrected chi connectivity index (χ3v) is 7.71. The summed E-state index contributed by atoms with van der Waals surface area (Å²) in [6, 6.07) is 3.35. The number of ether oxygens (including phenoxy) is 7. The molecule has 3 aliphatic rings. The van der Waals surface area contributed by atoms with E-state index in [-0.39, 0.29) is 55.3 Å². The van der Waals surface area contributed by atoms with E-state index in [4.69, 9.17) is 33.2 Å². The van der Waals surface area contributed by atoms with Gasteiger partial charge >= 0.3 is 0 Å². The van der Waals surface area contributed by atoms with Gasteiger partial charge in [-0.25, -0.2) is 0 Å². The van der Waals surface area contributed by atoms with Crippen LogP contribution in [0.2, 0.25) is 0 Å². The average molecular weight is 715 g/mol. The van der Waals surface area contributed by atoms with Crippen LogP contribution in [-0.4, -0.2) is 145 Å². The number of carbonyl (C=O) groups is 5. The smallest absolute Gasteiger partial charge is 0.266 e. The molecule has 0 radical (unpaired) electrons. The molecule has 3 N–H and O–H groups in total. The Labute approximate surface area is 291 Å². The molecule has 16 nitrogen and oxygen atoms in total. The first-order valence-electron chi connectivity index (χ1n) is 16.4. The number of hydrogen-bond donors (Lipinski definition) is 3. The van der Waals surface area contributed by atoms with Gasteiger partial charge in [-0.1, -0.05) is 6.07 Å². The van der Waals surface area contributed by atoms with Crippen molar-refractivity contribution >= 4 is 41.9 Å². The molecule has 1 aromatic carbocycles. The highest BCUT2D eigenvalue weighted by atomic mass is 35.5. The van der Waals surface area contributed by atoms with Crippen LogP contribution in [0.25, 0.3) is 0 Å². The van der Waals surface area contributed by atoms with Gasteiger partial charge in [0.15, 0.2) is 6.61 Å². The summed E-state index contributed by atoms with van der Waals surface area (Å²) in [5.74, 6) is -2.92. The van der Waals surface area contributed by atoms with E-state index >= 15 is 0 Å². The summed E-state index contributed by atoms with van der Waals surface area (Å²) in [7, 11) is 0. The lowest BCUT2D eigenvalue weighted by Crippen LogP contribution is -2.54. The van der Waals surface area contributed by atoms with Crippen LogP contribution in [0.4, 0.5) is 0 Å². The Balaban J connectivity index is 0.00000650. The van der Waals surface area contributed by atoms with Crippen LogP contribution in [0.1, 0.15) is 46.4 Å². The fourth-order valence-electron chi connectivity index (χ4n) is 5.28. The van der Waals surface area contributed by atoms with Crippen molar-refractivity contribution in [3.05, 3.63) is 29.3 Å². The minimum absolute atomic E-state index is 0. The predicted molar refractivity (Wildman–Crippen MR) is 175 cm³/mol. The molecule has 0 saturated carbocycles. The van der Waals surface area contributed by atoms with Gasteiger partial charge in [-0.2, -0.15) is 0 Å². The summed E-state index contributed by atoms with van der Waals surface area (Å²) in [6.45, 7) is 6.82. The molecule has 1 atom stereocenters. The molecule has 1 unspecified atom stereocenters. The summed E-state index contributed by atoms with van der Waals surface area (Å²) >= 11 is 0. The van der Waals surface area contributed by atoms with Gasteiger partial charge in [0, 0.05) is 13.0 Å². The number of amides is 5. The van der Waals surface area contributed by atoms with Gasteiger partial charge in [-0.15, -0.1) is 12.4 Å². The predicted octanol–water partition coefficient (Wildman–Crippen LogP) is -0.144. The second kappa shape index (κ2) is 22.5. The summed E-state index contributed by atoms with van der Waals surface area (Å²) in [6.07, 6.45) is 2.51. The third-order valence-electron chi connectivity index (χ3n) is 7.71. The van der Waals surface area contributed by atoms with Crippen molar-refractivity contribution in [1.29, 1.82) is 0 Å². The van der Waals surface area contributed by atoms with Crippen molar-refractivity contribution in [3.8, 4) is 5.75 Å². The van der Waals surface area contributed by atoms with Crippen LogP contribution in [-0.2, 0) is 42.8 Å². The summed E-state index contributed by atoms with van der Waals surface area (Å²) < 4.78 is 38.7. The van der Waals surface area contributed by atoms with Gasteiger partial charge in [0.2, 0.25) is 11.8 Å². The Hall–Kier alpha value is -3.22. The van der Waals surface area contributed by atoms with Crippen molar-refractivity contribution in [2.45, 2.75) is 37.8 Å². The maximum Gasteiger partial charge on any atom is 0.266 e. The van der Waals surface area contributed by atoms with Gasteiger partial charge in [0.05, 0.1) is 89.9 Å². The maximum absolute atomic E-state index is 13.1. The minimum Gasteiger partial charge on any atom is -0.483 e. The largest absolute Gasteiger partial charge is 0.483 e. The SMILES string of the molecule is Cl.O=C(COc1cccc2c1C(=O)N(C1CCC(=O)NC1=O)C2=O)NCCOCCOCCOCCOCCOCCOC1CCNCC1. The van der Waals surface area contributed by atoms with E-state index < -0.39 is 42.2 Å². The first-order valence-corrected chi connectivity index (χ1v) is 16.4. The van der Waals surface area contributed by atoms with Gasteiger partial charge in [0.1, 0.15) is 11.8 Å². The number of halogens is 1. The number of piperidine rings is 2. The van der Waals surface area contributed by atoms with Crippen LogP contribution < -0.4 is 20.7 Å². The zero-order chi connectivity index (χ0) is 34.0. The molecular weight excluding hydrogens is 668 g/mol. The Bertz CT molecular complexity index is 1230. The Morgan fingerprint density at radius 1 is 0.776 bits per heavy atom. The van der Waals surface area contributed by atoms with E-state index in [0.29, 0.717) is 72.2 Å². The Kier molecular flexibility index (Phi) is 18.5. The molecule has 0 spiro atoms. The second-order valence-corrected chi connectivity index (χ2v) is 11.1. The molecule has 3 aliphatic heterocycles. The van der Waals surface area contributed by atoms with Gasteiger partial charge in [0.25, 0.3) is 17.7 Å². The van der Waals surface area contributed by atoms with E-state index in [9.17, 15) is 24.0 Å². The van der Waals surface area contributed by atoms with Crippen molar-refractivity contribution in [1.82, 2.24) is 20.9 Å². The molecule has 17 heteroatoms. The number of rotatable bonds is 23. The van der Waals surface area contributed by atoms with Crippen LogP contribution in [0.3, 0.4) is 0 Å². The fourth-order valence-corrected chi connectivity index (χ4v) is 5.28. The van der Waals surface area contributed by atoms with E-state index in [1.54, 1.807) is 0 Å². The molecule has 274 valence electrons. The Morgan fingerprint density at radius 3 is 1.98 bits per heavy atom. The first-order chi connectivity index (χ1) is 23.5. The molecule has 49 heavy (non-hydrogen) atoms. The van der Waals surface area contributed by atoms with Crippen LogP contribution >= 0.6 is 12.4 Å². The maximum atomic E-state index is 13.1. The minimum atomic E-state index is -1.09. The molecule has 4 rings (SSSR count). The quantitative estimate of drug-likeness (QED) is 0.100. The number of carbonyl (C=O) groups excluding carboxylic acids is 5. The van der Waals surface area contributed by atoms with Crippen LogP contribution in [0.15, 0.2) is 18.2 Å². The molecule has 0 bridgehead atoms. The van der Waals surface area contributed by atoms with Crippen LogP contribution in [0.5, 0.6) is 5.75 Å². The molecular formula is C32H47ClN4O12. The highest BCUT2D eigenvalue weighted by Crippen LogP contribution is 2.33. The van der Waals surface area contributed by atoms with E-state index in [2.05, 4.69) is 16.0 Å². The molecule has 0 aromatic heterocycles. The lowest BCUT2D eigenvalue weighted by atomic mass is 10.0. The summed E-state index contributed by atoms with van der Waals surface area (Å²) in [5.41, 5.74) is 0.0490. The number of nitrogens with one attached hydrogen (secondary N) is 3. The van der Waals surface area contributed by atoms with E-state index in [0.717, 1.165) is 30.8 Å². The second-order valence-electron chi connectivity index (χ2n) is 11.1. The van der Waals surface area contributed by atoms with Gasteiger partial charge < -0.3 is 43.8 Å². The number of fused-ring (bicyclic) bond motifs is 1. The summed E-state index contributed by atoms with van der Waals surface area (Å²) in [5, 5.41) is 8.11. The highest BCUT2D eigenvalue weighted by molar-refractivity contribution is 6.24. The summed E-state index contributed by atoms with van der Waals surface area (Å²) in [4.78, 5) is 62.9. The normalized spacial score (nSPS) is 17.9. The molecule has 2 fully saturated rings. The van der Waals surface area contributed by atoms with Crippen molar-refractivity contribution in [2.75, 3.05) is 98.9 Å². The zero-order valence-corrected chi connectivity index (χ0v) is 28.4. The lowest BCUT2D eigenvalue weighted by Gasteiger charge is -2.27. The fraction of sp³-hybridized carbons (Fsp3) is 0.656. The number of hydrogen-bond acceptors (Lipinski definition) is 13. The average Bonchev–Trinajstić information content (AvgIpc) is 3.34. The number of nitrogens with zero attached hydrogens (tertiary/aromatic N) is 1. The Morgan fingerprint density at radius 2 is 1.37 bits per heavy atom. The molecule has 3 heterocycles. The molecule has 1 aromatic rings. The van der Waals surface area contributed by atoms with Gasteiger partial charge in [-0.05, 0) is 44.5 Å². The standard InChI is InChI=1S/C32H46N4O12.ClH/c37-27-5-4-25(30(39)35-27)36-31(40)24-2-1-3-26(29(24)32(36)41)48-22-28(38)34-10-11-42-12-13-43-14-15-44-16-17-45-18-19-46-20-21-47-23-6-8-33-9-7-23;/h1-3,23,25,33H,4-22H2,(H,34,38)(H,35,37,39);1H. The van der Waals surface area contributed by atoms with Crippen molar-refractivity contribution in [3.63, 3.8) is 0 Å². The zero-order valence-electron chi connectivity index (χ0n) is 27.6. The molecule has 5 amide bonds. The van der Waals surface area contributed by atoms with E-state index in [1.165, 1.54) is 18.2 Å². The number of benzene rings is 1. The number of imide groups is 2. The van der Waals surface area contributed by atoms with Crippen molar-refractivity contribution < 1.29 is 57.1 Å².